The monoisotopic (exact) mass is 202 g/mol. The number of carbonyl (C=O) groups is 1. The first-order chi connectivity index (χ1) is 6.63. The van der Waals surface area contributed by atoms with Crippen LogP contribution in [-0.4, -0.2) is 31.7 Å². The fraction of sp³-hybridized carbons (Fsp3) is 0.900. The summed E-state index contributed by atoms with van der Waals surface area (Å²) in [7, 11) is 0. The van der Waals surface area contributed by atoms with Gasteiger partial charge in [-0.1, -0.05) is 20.3 Å². The third kappa shape index (κ3) is 5.19. The molecule has 3 N–H and O–H groups in total. The van der Waals surface area contributed by atoms with Crippen LogP contribution in [0.3, 0.4) is 0 Å². The standard InChI is InChI=1S/C10H22N2O2/c1-4-8(3)9(11)10(13)12-6-7-14-5-2/h8-9H,4-7,11H2,1-3H3,(H,12,13). The van der Waals surface area contributed by atoms with Gasteiger partial charge >= 0.3 is 0 Å². The molecule has 0 saturated carbocycles. The van der Waals surface area contributed by atoms with Gasteiger partial charge in [0.05, 0.1) is 12.6 Å². The molecular formula is C10H22N2O2. The zero-order valence-corrected chi connectivity index (χ0v) is 9.38. The number of hydrogen-bond donors (Lipinski definition) is 2. The summed E-state index contributed by atoms with van der Waals surface area (Å²) in [5.41, 5.74) is 5.73. The average molecular weight is 202 g/mol. The summed E-state index contributed by atoms with van der Waals surface area (Å²) in [6.45, 7) is 7.69. The molecule has 0 saturated heterocycles. The Labute approximate surface area is 86.2 Å². The van der Waals surface area contributed by atoms with Crippen molar-refractivity contribution < 1.29 is 9.53 Å². The molecule has 4 heteroatoms. The molecule has 1 amide bonds. The van der Waals surface area contributed by atoms with Crippen LogP contribution in [0.15, 0.2) is 0 Å². The number of nitrogens with two attached hydrogens (primary N) is 1. The third-order valence-corrected chi connectivity index (χ3v) is 2.31. The summed E-state index contributed by atoms with van der Waals surface area (Å²) in [6, 6.07) is -0.401. The summed E-state index contributed by atoms with van der Waals surface area (Å²) in [5.74, 6) is 0.140. The van der Waals surface area contributed by atoms with E-state index in [1.165, 1.54) is 0 Å². The van der Waals surface area contributed by atoms with Crippen LogP contribution in [0.25, 0.3) is 0 Å². The van der Waals surface area contributed by atoms with Gasteiger partial charge in [0.15, 0.2) is 0 Å². The van der Waals surface area contributed by atoms with Crippen molar-refractivity contribution >= 4 is 5.91 Å². The highest BCUT2D eigenvalue weighted by molar-refractivity contribution is 5.81. The molecule has 0 heterocycles. The van der Waals surface area contributed by atoms with Crippen molar-refractivity contribution in [2.75, 3.05) is 19.8 Å². The molecular weight excluding hydrogens is 180 g/mol. The maximum Gasteiger partial charge on any atom is 0.237 e. The maximum atomic E-state index is 11.4. The summed E-state index contributed by atoms with van der Waals surface area (Å²) >= 11 is 0. The van der Waals surface area contributed by atoms with Crippen molar-refractivity contribution in [3.63, 3.8) is 0 Å². The fourth-order valence-corrected chi connectivity index (χ4v) is 1.02. The minimum atomic E-state index is -0.401. The van der Waals surface area contributed by atoms with E-state index in [1.807, 2.05) is 20.8 Å². The Hall–Kier alpha value is -0.610. The largest absolute Gasteiger partial charge is 0.380 e. The predicted octanol–water partition coefficient (Wildman–Crippen LogP) is 0.513. The topological polar surface area (TPSA) is 64.3 Å². The second kappa shape index (κ2) is 7.76. The van der Waals surface area contributed by atoms with Crippen LogP contribution in [0.5, 0.6) is 0 Å². The fourth-order valence-electron chi connectivity index (χ4n) is 1.02. The predicted molar refractivity (Wildman–Crippen MR) is 56.9 cm³/mol. The molecule has 0 bridgehead atoms. The van der Waals surface area contributed by atoms with Crippen molar-refractivity contribution in [2.45, 2.75) is 33.2 Å². The van der Waals surface area contributed by atoms with Crippen LogP contribution in [0.1, 0.15) is 27.2 Å². The second-order valence-corrected chi connectivity index (χ2v) is 3.40. The molecule has 4 nitrogen and oxygen atoms in total. The van der Waals surface area contributed by atoms with E-state index in [9.17, 15) is 4.79 Å². The third-order valence-electron chi connectivity index (χ3n) is 2.31. The van der Waals surface area contributed by atoms with Gasteiger partial charge < -0.3 is 15.8 Å². The van der Waals surface area contributed by atoms with Crippen LogP contribution < -0.4 is 11.1 Å². The van der Waals surface area contributed by atoms with Crippen molar-refractivity contribution in [3.8, 4) is 0 Å². The second-order valence-electron chi connectivity index (χ2n) is 3.40. The highest BCUT2D eigenvalue weighted by Gasteiger charge is 2.18. The van der Waals surface area contributed by atoms with Gasteiger partial charge in [-0.25, -0.2) is 0 Å². The Balaban J connectivity index is 3.62. The smallest absolute Gasteiger partial charge is 0.237 e. The van der Waals surface area contributed by atoms with Crippen LogP contribution in [0.2, 0.25) is 0 Å². The lowest BCUT2D eigenvalue weighted by atomic mass is 9.99. The zero-order valence-electron chi connectivity index (χ0n) is 9.38. The number of rotatable bonds is 7. The number of amides is 1. The first-order valence-electron chi connectivity index (χ1n) is 5.24. The molecule has 0 rings (SSSR count). The lowest BCUT2D eigenvalue weighted by Crippen LogP contribution is -2.45. The molecule has 0 aromatic carbocycles. The summed E-state index contributed by atoms with van der Waals surface area (Å²) in [6.07, 6.45) is 0.917. The van der Waals surface area contributed by atoms with Crippen molar-refractivity contribution in [1.82, 2.24) is 5.32 Å². The molecule has 0 spiro atoms. The number of carbonyl (C=O) groups excluding carboxylic acids is 1. The Morgan fingerprint density at radius 1 is 1.50 bits per heavy atom. The van der Waals surface area contributed by atoms with E-state index in [1.54, 1.807) is 0 Å². The van der Waals surface area contributed by atoms with Gasteiger partial charge in [-0.3, -0.25) is 4.79 Å². The van der Waals surface area contributed by atoms with E-state index in [2.05, 4.69) is 5.32 Å². The lowest BCUT2D eigenvalue weighted by Gasteiger charge is -2.17. The van der Waals surface area contributed by atoms with Gasteiger partial charge in [0, 0.05) is 13.2 Å². The SMILES string of the molecule is CCOCCNC(=O)C(N)C(C)CC. The van der Waals surface area contributed by atoms with Gasteiger partial charge in [0.1, 0.15) is 0 Å². The molecule has 2 unspecified atom stereocenters. The van der Waals surface area contributed by atoms with Gasteiger partial charge in [0.2, 0.25) is 5.91 Å². The number of nitrogens with one attached hydrogen (secondary N) is 1. The molecule has 2 atom stereocenters. The first kappa shape index (κ1) is 13.4. The van der Waals surface area contributed by atoms with Gasteiger partial charge in [-0.15, -0.1) is 0 Å². The van der Waals surface area contributed by atoms with E-state index in [-0.39, 0.29) is 11.8 Å². The van der Waals surface area contributed by atoms with E-state index in [0.717, 1.165) is 6.42 Å². The molecule has 14 heavy (non-hydrogen) atoms. The zero-order chi connectivity index (χ0) is 11.0. The van der Waals surface area contributed by atoms with Crippen molar-refractivity contribution in [3.05, 3.63) is 0 Å². The minimum Gasteiger partial charge on any atom is -0.380 e. The normalized spacial score (nSPS) is 14.9. The quantitative estimate of drug-likeness (QED) is 0.591. The minimum absolute atomic E-state index is 0.0842. The highest BCUT2D eigenvalue weighted by atomic mass is 16.5. The van der Waals surface area contributed by atoms with E-state index in [0.29, 0.717) is 19.8 Å². The van der Waals surface area contributed by atoms with Crippen LogP contribution >= 0.6 is 0 Å². The molecule has 84 valence electrons. The summed E-state index contributed by atoms with van der Waals surface area (Å²) < 4.78 is 5.09. The number of ether oxygens (including phenoxy) is 1. The molecule has 0 aromatic heterocycles. The molecule has 0 radical (unpaired) electrons. The van der Waals surface area contributed by atoms with Crippen LogP contribution in [-0.2, 0) is 9.53 Å². The molecule has 0 aliphatic heterocycles. The Morgan fingerprint density at radius 3 is 2.64 bits per heavy atom. The Morgan fingerprint density at radius 2 is 2.14 bits per heavy atom. The summed E-state index contributed by atoms with van der Waals surface area (Å²) in [4.78, 5) is 11.4. The maximum absolute atomic E-state index is 11.4. The Kier molecular flexibility index (Phi) is 7.42. The molecule has 0 aromatic rings. The van der Waals surface area contributed by atoms with Crippen LogP contribution in [0.4, 0.5) is 0 Å². The molecule has 0 fully saturated rings. The average Bonchev–Trinajstić information content (AvgIpc) is 2.21. The van der Waals surface area contributed by atoms with E-state index < -0.39 is 6.04 Å². The van der Waals surface area contributed by atoms with Gasteiger partial charge in [0.25, 0.3) is 0 Å². The lowest BCUT2D eigenvalue weighted by molar-refractivity contribution is -0.123. The van der Waals surface area contributed by atoms with Crippen molar-refractivity contribution in [1.29, 1.82) is 0 Å². The molecule has 0 aliphatic rings. The first-order valence-corrected chi connectivity index (χ1v) is 5.24. The summed E-state index contributed by atoms with van der Waals surface area (Å²) in [5, 5.41) is 2.74. The van der Waals surface area contributed by atoms with E-state index >= 15 is 0 Å². The highest BCUT2D eigenvalue weighted by Crippen LogP contribution is 2.04. The van der Waals surface area contributed by atoms with Crippen LogP contribution in [0, 0.1) is 5.92 Å². The van der Waals surface area contributed by atoms with Gasteiger partial charge in [-0.2, -0.15) is 0 Å². The Bertz CT molecular complexity index is 162. The number of hydrogen-bond acceptors (Lipinski definition) is 3. The van der Waals surface area contributed by atoms with Gasteiger partial charge in [-0.05, 0) is 12.8 Å². The van der Waals surface area contributed by atoms with Crippen molar-refractivity contribution in [2.24, 2.45) is 11.7 Å². The van der Waals surface area contributed by atoms with E-state index in [4.69, 9.17) is 10.5 Å². The molecule has 0 aliphatic carbocycles.